The molecule has 134 valence electrons. The molecule has 0 spiro atoms. The largest absolute Gasteiger partial charge is 0.370 e. The van der Waals surface area contributed by atoms with Gasteiger partial charge in [-0.15, -0.1) is 0 Å². The number of nitrogens with one attached hydrogen (secondary N) is 2. The van der Waals surface area contributed by atoms with E-state index in [2.05, 4.69) is 30.7 Å². The molecule has 0 atom stereocenters. The maximum Gasteiger partial charge on any atom is 0.320 e. The summed E-state index contributed by atoms with van der Waals surface area (Å²) >= 11 is 0. The number of aryl methyl sites for hydroxylation is 1. The molecule has 4 N–H and O–H groups in total. The van der Waals surface area contributed by atoms with E-state index in [1.165, 1.54) is 0 Å². The highest BCUT2D eigenvalue weighted by Crippen LogP contribution is 2.19. The van der Waals surface area contributed by atoms with Gasteiger partial charge in [0.15, 0.2) is 5.65 Å². The number of carbonyl (C=O) groups is 2. The van der Waals surface area contributed by atoms with Crippen LogP contribution in [0, 0.1) is 0 Å². The van der Waals surface area contributed by atoms with Gasteiger partial charge in [0.1, 0.15) is 11.3 Å². The van der Waals surface area contributed by atoms with Crippen molar-refractivity contribution in [2.45, 2.75) is 19.9 Å². The van der Waals surface area contributed by atoms with Crippen molar-refractivity contribution in [2.24, 2.45) is 5.73 Å². The smallest absolute Gasteiger partial charge is 0.320 e. The molecule has 0 aliphatic rings. The molecule has 3 rings (SSSR count). The van der Waals surface area contributed by atoms with Gasteiger partial charge in [-0.3, -0.25) is 19.8 Å². The second-order valence-electron chi connectivity index (χ2n) is 5.49. The molecule has 0 saturated heterocycles. The van der Waals surface area contributed by atoms with E-state index in [1.807, 2.05) is 6.92 Å². The number of hydrogen-bond acceptors (Lipinski definition) is 6. The molecule has 0 radical (unpaired) electrons. The molecule has 0 fully saturated rings. The van der Waals surface area contributed by atoms with E-state index in [9.17, 15) is 9.59 Å². The number of rotatable bonds is 6. The lowest BCUT2D eigenvalue weighted by Crippen LogP contribution is -2.28. The second-order valence-corrected chi connectivity index (χ2v) is 5.49. The highest BCUT2D eigenvalue weighted by Gasteiger charge is 2.09. The molecule has 3 heterocycles. The Kier molecular flexibility index (Phi) is 5.02. The molecule has 0 aromatic carbocycles. The van der Waals surface area contributed by atoms with Gasteiger partial charge in [-0.1, -0.05) is 0 Å². The van der Waals surface area contributed by atoms with Crippen LogP contribution in [0.2, 0.25) is 0 Å². The normalized spacial score (nSPS) is 10.7. The molecule has 0 unspecified atom stereocenters. The first-order valence-electron chi connectivity index (χ1n) is 8.05. The van der Waals surface area contributed by atoms with Gasteiger partial charge in [-0.25, -0.2) is 14.8 Å². The van der Waals surface area contributed by atoms with E-state index < -0.39 is 0 Å². The molecule has 3 aromatic rings. The van der Waals surface area contributed by atoms with Gasteiger partial charge in [0.05, 0.1) is 18.1 Å². The Balaban J connectivity index is 1.83. The van der Waals surface area contributed by atoms with Crippen LogP contribution in [0.15, 0.2) is 30.7 Å². The van der Waals surface area contributed by atoms with Crippen LogP contribution in [0.1, 0.15) is 13.3 Å². The number of nitrogens with zero attached hydrogens (tertiary/aromatic N) is 5. The van der Waals surface area contributed by atoms with Crippen molar-refractivity contribution in [1.82, 2.24) is 30.0 Å². The first-order valence-corrected chi connectivity index (χ1v) is 8.05. The molecule has 0 saturated carbocycles. The van der Waals surface area contributed by atoms with Crippen molar-refractivity contribution >= 4 is 28.9 Å². The molecule has 10 nitrogen and oxygen atoms in total. The second kappa shape index (κ2) is 7.55. The number of pyridine rings is 1. The molecular weight excluding hydrogens is 336 g/mol. The zero-order chi connectivity index (χ0) is 18.5. The first kappa shape index (κ1) is 17.3. The Labute approximate surface area is 148 Å². The van der Waals surface area contributed by atoms with Crippen LogP contribution in [0.5, 0.6) is 0 Å². The Bertz CT molecular complexity index is 952. The van der Waals surface area contributed by atoms with Gasteiger partial charge in [-0.2, -0.15) is 5.10 Å². The summed E-state index contributed by atoms with van der Waals surface area (Å²) in [7, 11) is 0. The minimum Gasteiger partial charge on any atom is -0.370 e. The van der Waals surface area contributed by atoms with Gasteiger partial charge in [0.25, 0.3) is 0 Å². The topological polar surface area (TPSA) is 141 Å². The van der Waals surface area contributed by atoms with Crippen LogP contribution < -0.4 is 16.4 Å². The van der Waals surface area contributed by atoms with Crippen LogP contribution >= 0.6 is 0 Å². The summed E-state index contributed by atoms with van der Waals surface area (Å²) in [6.45, 7) is 2.74. The average molecular weight is 354 g/mol. The van der Waals surface area contributed by atoms with Crippen LogP contribution in [-0.2, 0) is 11.3 Å². The molecule has 3 amide bonds. The van der Waals surface area contributed by atoms with E-state index >= 15 is 0 Å². The Hall–Kier alpha value is -3.56. The summed E-state index contributed by atoms with van der Waals surface area (Å²) in [5.41, 5.74) is 7.49. The minimum absolute atomic E-state index is 0.209. The molecule has 10 heteroatoms. The van der Waals surface area contributed by atoms with Crippen molar-refractivity contribution in [2.75, 3.05) is 11.9 Å². The van der Waals surface area contributed by atoms with Crippen LogP contribution in [0.3, 0.4) is 0 Å². The fraction of sp³-hybridized carbons (Fsp3) is 0.250. The molecule has 0 bridgehead atoms. The van der Waals surface area contributed by atoms with Gasteiger partial charge >= 0.3 is 6.03 Å². The lowest BCUT2D eigenvalue weighted by molar-refractivity contribution is -0.118. The fourth-order valence-electron chi connectivity index (χ4n) is 2.27. The van der Waals surface area contributed by atoms with Crippen LogP contribution in [0.25, 0.3) is 22.4 Å². The van der Waals surface area contributed by atoms with Gasteiger partial charge in [0.2, 0.25) is 5.91 Å². The van der Waals surface area contributed by atoms with E-state index in [-0.39, 0.29) is 18.4 Å². The molecular formula is C16H18N8O2. The summed E-state index contributed by atoms with van der Waals surface area (Å²) in [6.07, 6.45) is 5.22. The third-order valence-electron chi connectivity index (χ3n) is 3.50. The van der Waals surface area contributed by atoms with Crippen molar-refractivity contribution in [3.05, 3.63) is 30.7 Å². The summed E-state index contributed by atoms with van der Waals surface area (Å²) in [5.74, 6) is -0.00376. The minimum atomic E-state index is -0.385. The van der Waals surface area contributed by atoms with Crippen molar-refractivity contribution in [3.8, 4) is 11.3 Å². The zero-order valence-electron chi connectivity index (χ0n) is 14.1. The lowest BCUT2D eigenvalue weighted by atomic mass is 10.2. The van der Waals surface area contributed by atoms with E-state index in [4.69, 9.17) is 5.73 Å². The predicted molar refractivity (Wildman–Crippen MR) is 95.1 cm³/mol. The van der Waals surface area contributed by atoms with Crippen molar-refractivity contribution < 1.29 is 9.59 Å². The maximum atomic E-state index is 11.6. The Morgan fingerprint density at radius 3 is 2.85 bits per heavy atom. The Morgan fingerprint density at radius 1 is 1.23 bits per heavy atom. The highest BCUT2D eigenvalue weighted by molar-refractivity contribution is 5.89. The number of aromatic nitrogens is 5. The van der Waals surface area contributed by atoms with Crippen LogP contribution in [0.4, 0.5) is 10.6 Å². The molecule has 0 aliphatic heterocycles. The molecule has 3 aromatic heterocycles. The van der Waals surface area contributed by atoms with Gasteiger partial charge < -0.3 is 11.1 Å². The first-order chi connectivity index (χ1) is 12.5. The van der Waals surface area contributed by atoms with E-state index in [0.717, 1.165) is 5.56 Å². The quantitative estimate of drug-likeness (QED) is 0.601. The summed E-state index contributed by atoms with van der Waals surface area (Å²) in [5, 5.41) is 9.45. The van der Waals surface area contributed by atoms with Crippen molar-refractivity contribution in [3.63, 3.8) is 0 Å². The fourth-order valence-corrected chi connectivity index (χ4v) is 2.27. The van der Waals surface area contributed by atoms with Gasteiger partial charge in [-0.05, 0) is 19.1 Å². The maximum absolute atomic E-state index is 11.6. The highest BCUT2D eigenvalue weighted by atomic mass is 16.2. The van der Waals surface area contributed by atoms with Crippen molar-refractivity contribution in [1.29, 1.82) is 0 Å². The lowest BCUT2D eigenvalue weighted by Gasteiger charge is -2.06. The van der Waals surface area contributed by atoms with E-state index in [1.54, 1.807) is 35.4 Å². The SMILES string of the molecule is CCNC(=O)Nc1ccc2ncc(-c3cnn(CCC(N)=O)c3)nc2n1. The number of anilines is 1. The average Bonchev–Trinajstić information content (AvgIpc) is 3.08. The predicted octanol–water partition coefficient (Wildman–Crippen LogP) is 0.905. The van der Waals surface area contributed by atoms with Gasteiger partial charge in [0, 0.05) is 31.3 Å². The number of hydrogen-bond donors (Lipinski definition) is 3. The third-order valence-corrected chi connectivity index (χ3v) is 3.50. The van der Waals surface area contributed by atoms with E-state index in [0.29, 0.717) is 35.8 Å². The number of carbonyl (C=O) groups excluding carboxylic acids is 2. The van der Waals surface area contributed by atoms with Crippen LogP contribution in [-0.4, -0.2) is 43.2 Å². The zero-order valence-corrected chi connectivity index (χ0v) is 14.1. The number of nitrogens with two attached hydrogens (primary N) is 1. The number of primary amides is 1. The number of amides is 3. The molecule has 26 heavy (non-hydrogen) atoms. The molecule has 0 aliphatic carbocycles. The number of urea groups is 1. The third kappa shape index (κ3) is 4.09. The summed E-state index contributed by atoms with van der Waals surface area (Å²) in [6, 6.07) is 3.06. The standard InChI is InChI=1S/C16H18N8O2/c1-2-18-16(26)23-14-4-3-11-15(22-14)21-12(8-19-11)10-7-20-24(9-10)6-5-13(17)25/h3-4,7-9H,2,5-6H2,1H3,(H2,17,25)(H2,18,21,22,23,26). The Morgan fingerprint density at radius 2 is 2.08 bits per heavy atom. The summed E-state index contributed by atoms with van der Waals surface area (Å²) < 4.78 is 1.62. The monoisotopic (exact) mass is 354 g/mol. The summed E-state index contributed by atoms with van der Waals surface area (Å²) in [4.78, 5) is 35.6. The number of fused-ring (bicyclic) bond motifs is 1.